The fourth-order valence-electron chi connectivity index (χ4n) is 0.350. The molecule has 1 unspecified atom stereocenters. The van der Waals surface area contributed by atoms with E-state index in [-0.39, 0.29) is 0 Å². The number of thioether (sulfide) groups is 1. The Labute approximate surface area is 70.0 Å². The molecule has 0 aromatic carbocycles. The second kappa shape index (κ2) is 4.80. The first-order valence-electron chi connectivity index (χ1n) is 2.99. The number of nitrogens with zero attached hydrogens (tertiary/aromatic N) is 1. The largest absolute Gasteiger partial charge is 0.447 e. The summed E-state index contributed by atoms with van der Waals surface area (Å²) in [7, 11) is 0. The van der Waals surface area contributed by atoms with Crippen LogP contribution in [-0.4, -0.2) is 11.4 Å². The third-order valence-electron chi connectivity index (χ3n) is 0.840. The van der Waals surface area contributed by atoms with E-state index in [1.54, 1.807) is 13.8 Å². The van der Waals surface area contributed by atoms with Gasteiger partial charge in [-0.05, 0) is 25.6 Å². The zero-order valence-electron chi connectivity index (χ0n) is 6.46. The molecule has 0 saturated carbocycles. The number of hydrogen-bond donors (Lipinski definition) is 0. The van der Waals surface area contributed by atoms with Crippen molar-refractivity contribution in [3.8, 4) is 5.40 Å². The van der Waals surface area contributed by atoms with Gasteiger partial charge in [-0.3, -0.25) is 0 Å². The summed E-state index contributed by atoms with van der Waals surface area (Å²) in [5.41, 5.74) is -0.0837. The topological polar surface area (TPSA) is 50.1 Å². The SMILES string of the molecule is C=C(C)C(=O)OC(C)SC#N. The number of thiocyanates is 1. The first kappa shape index (κ1) is 10.0. The quantitative estimate of drug-likeness (QED) is 0.280. The van der Waals surface area contributed by atoms with E-state index in [0.29, 0.717) is 5.57 Å². The maximum Gasteiger partial charge on any atom is 0.334 e. The number of carbonyl (C=O) groups is 1. The van der Waals surface area contributed by atoms with E-state index in [0.717, 1.165) is 11.8 Å². The van der Waals surface area contributed by atoms with Gasteiger partial charge in [0.15, 0.2) is 5.44 Å². The molecule has 0 saturated heterocycles. The fourth-order valence-corrected chi connectivity index (χ4v) is 0.634. The molecular formula is C7H9NO2S. The Balaban J connectivity index is 3.77. The molecule has 3 nitrogen and oxygen atoms in total. The molecule has 0 bridgehead atoms. The summed E-state index contributed by atoms with van der Waals surface area (Å²) in [6.07, 6.45) is 0. The number of hydrogen-bond acceptors (Lipinski definition) is 4. The van der Waals surface area contributed by atoms with Crippen LogP contribution in [-0.2, 0) is 9.53 Å². The molecule has 1 atom stereocenters. The van der Waals surface area contributed by atoms with E-state index >= 15 is 0 Å². The minimum Gasteiger partial charge on any atom is -0.447 e. The molecule has 0 aliphatic rings. The molecule has 0 radical (unpaired) electrons. The highest BCUT2D eigenvalue weighted by Gasteiger charge is 2.09. The van der Waals surface area contributed by atoms with E-state index in [1.807, 2.05) is 5.40 Å². The average molecular weight is 171 g/mol. The zero-order chi connectivity index (χ0) is 8.85. The molecule has 60 valence electrons. The summed E-state index contributed by atoms with van der Waals surface area (Å²) in [4.78, 5) is 10.8. The van der Waals surface area contributed by atoms with E-state index in [2.05, 4.69) is 6.58 Å². The second-order valence-corrected chi connectivity index (χ2v) is 3.04. The Kier molecular flexibility index (Phi) is 4.39. The molecule has 0 rings (SSSR count). The summed E-state index contributed by atoms with van der Waals surface area (Å²) in [5, 5.41) is 10.0. The summed E-state index contributed by atoms with van der Waals surface area (Å²) in [6, 6.07) is 0. The van der Waals surface area contributed by atoms with Gasteiger partial charge >= 0.3 is 5.97 Å². The smallest absolute Gasteiger partial charge is 0.334 e. The minimum atomic E-state index is -0.458. The van der Waals surface area contributed by atoms with Crippen molar-refractivity contribution in [3.05, 3.63) is 12.2 Å². The summed E-state index contributed by atoms with van der Waals surface area (Å²) in [6.45, 7) is 6.60. The highest BCUT2D eigenvalue weighted by molar-refractivity contribution is 8.04. The van der Waals surface area contributed by atoms with Gasteiger partial charge in [0.1, 0.15) is 5.40 Å². The zero-order valence-corrected chi connectivity index (χ0v) is 7.27. The lowest BCUT2D eigenvalue weighted by atomic mass is 10.4. The van der Waals surface area contributed by atoms with Crippen molar-refractivity contribution in [2.45, 2.75) is 19.3 Å². The van der Waals surface area contributed by atoms with Crippen LogP contribution in [0.25, 0.3) is 0 Å². The van der Waals surface area contributed by atoms with E-state index < -0.39 is 11.4 Å². The normalized spacial score (nSPS) is 11.4. The molecule has 0 amide bonds. The van der Waals surface area contributed by atoms with Gasteiger partial charge in [-0.1, -0.05) is 6.58 Å². The van der Waals surface area contributed by atoms with Crippen molar-refractivity contribution in [1.29, 1.82) is 5.26 Å². The van der Waals surface area contributed by atoms with Crippen LogP contribution in [0, 0.1) is 10.7 Å². The van der Waals surface area contributed by atoms with Gasteiger partial charge in [0.05, 0.1) is 0 Å². The summed E-state index contributed by atoms with van der Waals surface area (Å²) >= 11 is 0.898. The standard InChI is InChI=1S/C7H9NO2S/c1-5(2)7(9)10-6(3)11-4-8/h6H,1H2,2-3H3. The van der Waals surface area contributed by atoms with Gasteiger partial charge in [0.25, 0.3) is 0 Å². The van der Waals surface area contributed by atoms with Crippen LogP contribution in [0.2, 0.25) is 0 Å². The predicted molar refractivity (Wildman–Crippen MR) is 43.6 cm³/mol. The van der Waals surface area contributed by atoms with Crippen LogP contribution >= 0.6 is 11.8 Å². The molecule has 0 heterocycles. The van der Waals surface area contributed by atoms with Crippen LogP contribution < -0.4 is 0 Å². The van der Waals surface area contributed by atoms with Crippen molar-refractivity contribution < 1.29 is 9.53 Å². The Morgan fingerprint density at radius 1 is 1.82 bits per heavy atom. The lowest BCUT2D eigenvalue weighted by Crippen LogP contribution is -2.11. The Hall–Kier alpha value is -0.950. The maximum atomic E-state index is 10.8. The highest BCUT2D eigenvalue weighted by Crippen LogP contribution is 2.10. The first-order valence-corrected chi connectivity index (χ1v) is 3.87. The fraction of sp³-hybridized carbons (Fsp3) is 0.429. The monoisotopic (exact) mass is 171 g/mol. The van der Waals surface area contributed by atoms with Crippen molar-refractivity contribution in [2.75, 3.05) is 0 Å². The van der Waals surface area contributed by atoms with Gasteiger partial charge in [-0.15, -0.1) is 0 Å². The van der Waals surface area contributed by atoms with Crippen molar-refractivity contribution in [2.24, 2.45) is 0 Å². The van der Waals surface area contributed by atoms with Crippen LogP contribution in [0.1, 0.15) is 13.8 Å². The van der Waals surface area contributed by atoms with Gasteiger partial charge in [0, 0.05) is 5.57 Å². The lowest BCUT2D eigenvalue weighted by molar-refractivity contribution is -0.139. The van der Waals surface area contributed by atoms with E-state index in [9.17, 15) is 4.79 Å². The molecule has 11 heavy (non-hydrogen) atoms. The third kappa shape index (κ3) is 4.45. The molecule has 0 aliphatic heterocycles. The lowest BCUT2D eigenvalue weighted by Gasteiger charge is -2.07. The van der Waals surface area contributed by atoms with Crippen LogP contribution in [0.3, 0.4) is 0 Å². The molecule has 4 heteroatoms. The Bertz CT molecular complexity index is 207. The number of carbonyl (C=O) groups excluding carboxylic acids is 1. The van der Waals surface area contributed by atoms with Gasteiger partial charge < -0.3 is 4.74 Å². The highest BCUT2D eigenvalue weighted by atomic mass is 32.2. The van der Waals surface area contributed by atoms with Gasteiger partial charge in [-0.25, -0.2) is 4.79 Å². The molecule has 0 aromatic rings. The number of esters is 1. The van der Waals surface area contributed by atoms with Gasteiger partial charge in [0.2, 0.25) is 0 Å². The number of nitriles is 1. The van der Waals surface area contributed by atoms with E-state index in [1.165, 1.54) is 0 Å². The average Bonchev–Trinajstić information content (AvgIpc) is 1.87. The Morgan fingerprint density at radius 3 is 2.73 bits per heavy atom. The Morgan fingerprint density at radius 2 is 2.36 bits per heavy atom. The van der Waals surface area contributed by atoms with Crippen LogP contribution in [0.5, 0.6) is 0 Å². The van der Waals surface area contributed by atoms with Crippen LogP contribution in [0.15, 0.2) is 12.2 Å². The first-order chi connectivity index (χ1) is 5.07. The van der Waals surface area contributed by atoms with Crippen molar-refractivity contribution >= 4 is 17.7 Å². The van der Waals surface area contributed by atoms with Crippen LogP contribution in [0.4, 0.5) is 0 Å². The summed E-state index contributed by atoms with van der Waals surface area (Å²) in [5.74, 6) is -0.458. The number of ether oxygens (including phenoxy) is 1. The molecule has 0 N–H and O–H groups in total. The number of rotatable bonds is 3. The molecule has 0 aromatic heterocycles. The van der Waals surface area contributed by atoms with Crippen molar-refractivity contribution in [3.63, 3.8) is 0 Å². The molecular weight excluding hydrogens is 162 g/mol. The van der Waals surface area contributed by atoms with Gasteiger partial charge in [-0.2, -0.15) is 5.26 Å². The predicted octanol–water partition coefficient (Wildman–Crippen LogP) is 1.67. The van der Waals surface area contributed by atoms with E-state index in [4.69, 9.17) is 10.00 Å². The molecule has 0 spiro atoms. The minimum absolute atomic E-state index is 0.343. The molecule has 0 aliphatic carbocycles. The maximum absolute atomic E-state index is 10.8. The molecule has 0 fully saturated rings. The summed E-state index contributed by atoms with van der Waals surface area (Å²) < 4.78 is 4.75. The van der Waals surface area contributed by atoms with Crippen molar-refractivity contribution in [1.82, 2.24) is 0 Å². The second-order valence-electron chi connectivity index (χ2n) is 1.96. The third-order valence-corrected chi connectivity index (χ3v) is 1.37.